The zero-order valence-corrected chi connectivity index (χ0v) is 21.1. The lowest BCUT2D eigenvalue weighted by Crippen LogP contribution is -2.32. The lowest BCUT2D eigenvalue weighted by atomic mass is 10.0. The maximum atomic E-state index is 12.8. The van der Waals surface area contributed by atoms with Crippen LogP contribution in [-0.4, -0.2) is 49.3 Å². The summed E-state index contributed by atoms with van der Waals surface area (Å²) < 4.78 is 11.1. The van der Waals surface area contributed by atoms with E-state index < -0.39 is 5.97 Å². The van der Waals surface area contributed by atoms with Crippen LogP contribution in [0.4, 0.5) is 10.5 Å². The van der Waals surface area contributed by atoms with Gasteiger partial charge in [0.05, 0.1) is 13.7 Å². The van der Waals surface area contributed by atoms with E-state index in [4.69, 9.17) is 14.6 Å². The molecular weight excluding hydrogens is 456 g/mol. The molecule has 0 aliphatic rings. The van der Waals surface area contributed by atoms with Crippen molar-refractivity contribution in [3.8, 4) is 22.6 Å². The summed E-state index contributed by atoms with van der Waals surface area (Å²) in [5.74, 6) is 0.671. The molecule has 3 aromatic carbocycles. The Kier molecular flexibility index (Phi) is 9.74. The van der Waals surface area contributed by atoms with Crippen LogP contribution in [0, 0.1) is 0 Å². The Balaban J connectivity index is 1.66. The number of aryl methyl sites for hydroxylation is 1. The maximum absolute atomic E-state index is 12.8. The summed E-state index contributed by atoms with van der Waals surface area (Å²) in [5.41, 5.74) is 4.56. The second kappa shape index (κ2) is 13.2. The van der Waals surface area contributed by atoms with E-state index in [2.05, 4.69) is 5.32 Å². The molecule has 2 N–H and O–H groups in total. The van der Waals surface area contributed by atoms with Crippen LogP contribution >= 0.6 is 0 Å². The van der Waals surface area contributed by atoms with Gasteiger partial charge in [-0.05, 0) is 71.8 Å². The van der Waals surface area contributed by atoms with Crippen molar-refractivity contribution in [1.82, 2.24) is 4.90 Å². The third-order valence-electron chi connectivity index (χ3n) is 5.83. The second-order valence-corrected chi connectivity index (χ2v) is 8.60. The van der Waals surface area contributed by atoms with Crippen molar-refractivity contribution < 1.29 is 24.2 Å². The fourth-order valence-corrected chi connectivity index (χ4v) is 3.71. The Bertz CT molecular complexity index is 1160. The van der Waals surface area contributed by atoms with Gasteiger partial charge in [-0.25, -0.2) is 4.79 Å². The normalized spacial score (nSPS) is 10.5. The van der Waals surface area contributed by atoms with Crippen LogP contribution in [0.25, 0.3) is 11.1 Å². The van der Waals surface area contributed by atoms with Gasteiger partial charge < -0.3 is 24.8 Å². The number of urea groups is 1. The summed E-state index contributed by atoms with van der Waals surface area (Å²) >= 11 is 0. The zero-order chi connectivity index (χ0) is 25.9. The molecule has 0 fully saturated rings. The molecular formula is C29H34N2O5. The number of amides is 2. The second-order valence-electron chi connectivity index (χ2n) is 8.60. The number of carbonyl (C=O) groups excluding carboxylic acids is 1. The molecule has 3 aromatic rings. The van der Waals surface area contributed by atoms with Crippen molar-refractivity contribution in [2.75, 3.05) is 32.6 Å². The first-order chi connectivity index (χ1) is 17.4. The number of aliphatic carboxylic acids is 1. The van der Waals surface area contributed by atoms with Crippen LogP contribution in [0.1, 0.15) is 30.9 Å². The number of carboxylic acid groups (broad SMARTS) is 1. The van der Waals surface area contributed by atoms with E-state index >= 15 is 0 Å². The van der Waals surface area contributed by atoms with E-state index in [0.29, 0.717) is 31.0 Å². The highest BCUT2D eigenvalue weighted by atomic mass is 16.5. The highest BCUT2D eigenvalue weighted by molar-refractivity contribution is 5.90. The van der Waals surface area contributed by atoms with E-state index in [1.165, 1.54) is 0 Å². The van der Waals surface area contributed by atoms with Crippen LogP contribution in [0.15, 0.2) is 66.7 Å². The van der Waals surface area contributed by atoms with Crippen molar-refractivity contribution >= 4 is 17.7 Å². The van der Waals surface area contributed by atoms with Gasteiger partial charge in [0.15, 0.2) is 0 Å². The fraction of sp³-hybridized carbons (Fsp3) is 0.310. The van der Waals surface area contributed by atoms with Gasteiger partial charge in [-0.3, -0.25) is 4.79 Å². The number of benzene rings is 3. The molecule has 3 rings (SSSR count). The van der Waals surface area contributed by atoms with E-state index in [9.17, 15) is 9.59 Å². The first-order valence-corrected chi connectivity index (χ1v) is 12.1. The lowest BCUT2D eigenvalue weighted by molar-refractivity contribution is -0.136. The summed E-state index contributed by atoms with van der Waals surface area (Å²) in [7, 11) is 3.41. The molecule has 2 amide bonds. The van der Waals surface area contributed by atoms with Crippen molar-refractivity contribution in [3.05, 3.63) is 77.9 Å². The Labute approximate surface area is 212 Å². The number of carboxylic acids is 1. The lowest BCUT2D eigenvalue weighted by Gasteiger charge is -2.18. The monoisotopic (exact) mass is 490 g/mol. The molecule has 7 nitrogen and oxygen atoms in total. The zero-order valence-electron chi connectivity index (χ0n) is 21.1. The first kappa shape index (κ1) is 26.6. The minimum Gasteiger partial charge on any atom is -0.497 e. The molecule has 0 aromatic heterocycles. The molecule has 0 saturated heterocycles. The van der Waals surface area contributed by atoms with Crippen LogP contribution < -0.4 is 14.8 Å². The van der Waals surface area contributed by atoms with E-state index in [1.807, 2.05) is 73.7 Å². The summed E-state index contributed by atoms with van der Waals surface area (Å²) in [6.07, 6.45) is 2.06. The van der Waals surface area contributed by atoms with Crippen molar-refractivity contribution in [3.63, 3.8) is 0 Å². The maximum Gasteiger partial charge on any atom is 0.321 e. The molecule has 7 heteroatoms. The Hall–Kier alpha value is -4.00. The third-order valence-corrected chi connectivity index (χ3v) is 5.83. The average Bonchev–Trinajstić information content (AvgIpc) is 2.89. The van der Waals surface area contributed by atoms with Crippen molar-refractivity contribution in [2.24, 2.45) is 0 Å². The van der Waals surface area contributed by atoms with Gasteiger partial charge in [-0.15, -0.1) is 0 Å². The van der Waals surface area contributed by atoms with Crippen molar-refractivity contribution in [1.29, 1.82) is 0 Å². The molecule has 0 aliphatic carbocycles. The van der Waals surface area contributed by atoms with Gasteiger partial charge in [0, 0.05) is 25.7 Å². The highest BCUT2D eigenvalue weighted by Gasteiger charge is 2.12. The predicted molar refractivity (Wildman–Crippen MR) is 142 cm³/mol. The number of hydrogen-bond acceptors (Lipinski definition) is 4. The van der Waals surface area contributed by atoms with Gasteiger partial charge in [-0.1, -0.05) is 43.3 Å². The summed E-state index contributed by atoms with van der Waals surface area (Å²) in [6.45, 7) is 3.16. The Morgan fingerprint density at radius 2 is 1.72 bits per heavy atom. The molecule has 0 aliphatic heterocycles. The number of methoxy groups -OCH3 is 1. The van der Waals surface area contributed by atoms with Gasteiger partial charge in [0.25, 0.3) is 0 Å². The van der Waals surface area contributed by atoms with Crippen LogP contribution in [0.5, 0.6) is 11.5 Å². The first-order valence-electron chi connectivity index (χ1n) is 12.1. The number of nitrogens with one attached hydrogen (secondary N) is 1. The van der Waals surface area contributed by atoms with Crippen molar-refractivity contribution in [2.45, 2.75) is 32.6 Å². The molecule has 0 radical (unpaired) electrons. The molecule has 190 valence electrons. The minimum atomic E-state index is -0.835. The topological polar surface area (TPSA) is 88.1 Å². The van der Waals surface area contributed by atoms with Gasteiger partial charge in [0.1, 0.15) is 11.5 Å². The van der Waals surface area contributed by atoms with Gasteiger partial charge in [-0.2, -0.15) is 0 Å². The molecule has 0 heterocycles. The smallest absolute Gasteiger partial charge is 0.321 e. The fourth-order valence-electron chi connectivity index (χ4n) is 3.71. The SMILES string of the molecule is CCCOc1cc(-c2cccc(NC(=O)N(C)CCc3ccc(OC)cc3)c2)ccc1CCC(=O)O. The average molecular weight is 491 g/mol. The number of hydrogen-bond donors (Lipinski definition) is 2. The quantitative estimate of drug-likeness (QED) is 0.331. The number of rotatable bonds is 12. The summed E-state index contributed by atoms with van der Waals surface area (Å²) in [4.78, 5) is 25.4. The molecule has 0 atom stereocenters. The molecule has 36 heavy (non-hydrogen) atoms. The summed E-state index contributed by atoms with van der Waals surface area (Å²) in [5, 5.41) is 12.0. The molecule has 0 unspecified atom stereocenters. The standard InChI is InChI=1S/C29H34N2O5/c1-4-18-36-27-20-24(11-10-22(27)12-15-28(32)33)23-6-5-7-25(19-23)30-29(34)31(2)17-16-21-8-13-26(35-3)14-9-21/h5-11,13-14,19-20H,4,12,15-18H2,1-3H3,(H,30,34)(H,32,33). The van der Waals surface area contributed by atoms with E-state index in [1.54, 1.807) is 19.1 Å². The minimum absolute atomic E-state index is 0.0509. The Morgan fingerprint density at radius 3 is 2.42 bits per heavy atom. The van der Waals surface area contributed by atoms with Crippen LogP contribution in [0.3, 0.4) is 0 Å². The molecule has 0 bridgehead atoms. The highest BCUT2D eigenvalue weighted by Crippen LogP contribution is 2.30. The largest absolute Gasteiger partial charge is 0.497 e. The number of nitrogens with zero attached hydrogens (tertiary/aromatic N) is 1. The van der Waals surface area contributed by atoms with Crippen LogP contribution in [-0.2, 0) is 17.6 Å². The molecule has 0 saturated carbocycles. The van der Waals surface area contributed by atoms with Crippen LogP contribution in [0.2, 0.25) is 0 Å². The van der Waals surface area contributed by atoms with E-state index in [0.717, 1.165) is 40.8 Å². The number of carbonyl (C=O) groups is 2. The summed E-state index contributed by atoms with van der Waals surface area (Å²) in [6, 6.07) is 21.1. The molecule has 0 spiro atoms. The number of ether oxygens (including phenoxy) is 2. The predicted octanol–water partition coefficient (Wildman–Crippen LogP) is 5.87. The van der Waals surface area contributed by atoms with Gasteiger partial charge >= 0.3 is 12.0 Å². The number of likely N-dealkylation sites (N-methyl/N-ethyl adjacent to an activating group) is 1. The Morgan fingerprint density at radius 1 is 0.972 bits per heavy atom. The van der Waals surface area contributed by atoms with Gasteiger partial charge in [0.2, 0.25) is 0 Å². The van der Waals surface area contributed by atoms with E-state index in [-0.39, 0.29) is 12.5 Å². The third kappa shape index (κ3) is 7.77. The number of anilines is 1.